The average molecular weight is 226 g/mol. The molecule has 16 heavy (non-hydrogen) atoms. The zero-order chi connectivity index (χ0) is 11.5. The molecular weight excluding hydrogens is 208 g/mol. The van der Waals surface area contributed by atoms with Gasteiger partial charge in [-0.15, -0.1) is 0 Å². The summed E-state index contributed by atoms with van der Waals surface area (Å²) in [5, 5.41) is 11.6. The number of amides is 2. The molecule has 2 amide bonds. The second-order valence-electron chi connectivity index (χ2n) is 4.80. The van der Waals surface area contributed by atoms with Crippen LogP contribution in [0.2, 0.25) is 0 Å². The topological polar surface area (TPSA) is 69.6 Å². The lowest BCUT2D eigenvalue weighted by molar-refractivity contribution is -0.139. The minimum absolute atomic E-state index is 0.0199. The Morgan fingerprint density at radius 1 is 1.25 bits per heavy atom. The van der Waals surface area contributed by atoms with E-state index in [4.69, 9.17) is 5.11 Å². The molecule has 0 aromatic rings. The lowest BCUT2D eigenvalue weighted by atomic mass is 9.97. The zero-order valence-corrected chi connectivity index (χ0v) is 9.32. The van der Waals surface area contributed by atoms with Crippen molar-refractivity contribution >= 4 is 12.0 Å². The Kier molecular flexibility index (Phi) is 3.31. The highest BCUT2D eigenvalue weighted by Gasteiger charge is 2.33. The van der Waals surface area contributed by atoms with E-state index in [-0.39, 0.29) is 18.4 Å². The van der Waals surface area contributed by atoms with Gasteiger partial charge in [0.05, 0.1) is 6.42 Å². The van der Waals surface area contributed by atoms with Crippen molar-refractivity contribution in [1.82, 2.24) is 10.2 Å². The highest BCUT2D eigenvalue weighted by Crippen LogP contribution is 2.21. The molecule has 0 spiro atoms. The summed E-state index contributed by atoms with van der Waals surface area (Å²) in [6.45, 7) is 1.18. The van der Waals surface area contributed by atoms with Crippen LogP contribution in [0.5, 0.6) is 0 Å². The predicted molar refractivity (Wildman–Crippen MR) is 58.1 cm³/mol. The number of likely N-dealkylation sites (tertiary alicyclic amines) is 1. The molecule has 0 aromatic carbocycles. The molecule has 5 nitrogen and oxygen atoms in total. The van der Waals surface area contributed by atoms with Gasteiger partial charge in [0.25, 0.3) is 0 Å². The van der Waals surface area contributed by atoms with Crippen LogP contribution in [0.4, 0.5) is 4.79 Å². The number of hydrogen-bond donors (Lipinski definition) is 2. The molecule has 2 aliphatic rings. The molecule has 0 aromatic heterocycles. The van der Waals surface area contributed by atoms with Crippen molar-refractivity contribution in [2.75, 3.05) is 13.1 Å². The highest BCUT2D eigenvalue weighted by atomic mass is 16.4. The smallest absolute Gasteiger partial charge is 0.317 e. The second kappa shape index (κ2) is 4.72. The molecule has 90 valence electrons. The van der Waals surface area contributed by atoms with Crippen LogP contribution in [-0.4, -0.2) is 41.1 Å². The molecule has 2 fully saturated rings. The Morgan fingerprint density at radius 3 is 2.44 bits per heavy atom. The fourth-order valence-corrected chi connectivity index (χ4v) is 2.45. The maximum absolute atomic E-state index is 11.7. The number of hydrogen-bond acceptors (Lipinski definition) is 2. The normalized spacial score (nSPS) is 21.9. The molecule has 0 atom stereocenters. The van der Waals surface area contributed by atoms with E-state index in [9.17, 15) is 9.59 Å². The maximum atomic E-state index is 11.7. The van der Waals surface area contributed by atoms with Crippen LogP contribution in [-0.2, 0) is 4.79 Å². The number of carboxylic acids is 1. The number of nitrogens with zero attached hydrogens (tertiary/aromatic N) is 1. The summed E-state index contributed by atoms with van der Waals surface area (Å²) >= 11 is 0. The summed E-state index contributed by atoms with van der Waals surface area (Å²) in [4.78, 5) is 23.8. The summed E-state index contributed by atoms with van der Waals surface area (Å²) in [6.07, 6.45) is 4.74. The van der Waals surface area contributed by atoms with Crippen molar-refractivity contribution in [3.63, 3.8) is 0 Å². The number of urea groups is 1. The number of carboxylic acid groups (broad SMARTS) is 1. The molecule has 1 saturated heterocycles. The molecule has 1 aliphatic carbocycles. The van der Waals surface area contributed by atoms with Gasteiger partial charge in [0, 0.05) is 25.0 Å². The molecule has 1 saturated carbocycles. The highest BCUT2D eigenvalue weighted by molar-refractivity contribution is 5.76. The molecule has 2 rings (SSSR count). The first-order valence-corrected chi connectivity index (χ1v) is 5.92. The summed E-state index contributed by atoms with van der Waals surface area (Å²) in [6, 6.07) is 0.319. The van der Waals surface area contributed by atoms with E-state index in [2.05, 4.69) is 5.32 Å². The van der Waals surface area contributed by atoms with Crippen LogP contribution in [0.15, 0.2) is 0 Å². The maximum Gasteiger partial charge on any atom is 0.317 e. The van der Waals surface area contributed by atoms with Crippen LogP contribution in [0, 0.1) is 5.92 Å². The Balaban J connectivity index is 1.66. The van der Waals surface area contributed by atoms with Gasteiger partial charge in [-0.1, -0.05) is 12.8 Å². The molecule has 1 heterocycles. The van der Waals surface area contributed by atoms with Gasteiger partial charge in [0.2, 0.25) is 0 Å². The Labute approximate surface area is 94.8 Å². The van der Waals surface area contributed by atoms with Crippen molar-refractivity contribution in [2.24, 2.45) is 5.92 Å². The monoisotopic (exact) mass is 226 g/mol. The minimum atomic E-state index is -0.777. The second-order valence-corrected chi connectivity index (χ2v) is 4.80. The minimum Gasteiger partial charge on any atom is -0.481 e. The summed E-state index contributed by atoms with van der Waals surface area (Å²) in [5.41, 5.74) is 0. The Bertz CT molecular complexity index is 281. The van der Waals surface area contributed by atoms with Crippen LogP contribution in [0.3, 0.4) is 0 Å². The third kappa shape index (κ3) is 2.65. The van der Waals surface area contributed by atoms with Crippen molar-refractivity contribution in [3.8, 4) is 0 Å². The summed E-state index contributed by atoms with van der Waals surface area (Å²) in [7, 11) is 0. The average Bonchev–Trinajstić information content (AvgIpc) is 2.62. The third-order valence-electron chi connectivity index (χ3n) is 3.39. The van der Waals surface area contributed by atoms with Gasteiger partial charge in [0.15, 0.2) is 0 Å². The standard InChI is InChI=1S/C11H18N2O3/c14-10(15)5-8-6-13(7-8)11(16)12-9-3-1-2-4-9/h8-9H,1-7H2,(H,12,16)(H,14,15). The molecular formula is C11H18N2O3. The number of carbonyl (C=O) groups is 2. The van der Waals surface area contributed by atoms with E-state index >= 15 is 0 Å². The molecule has 2 N–H and O–H groups in total. The summed E-state index contributed by atoms with van der Waals surface area (Å²) in [5.74, 6) is -0.632. The summed E-state index contributed by atoms with van der Waals surface area (Å²) < 4.78 is 0. The van der Waals surface area contributed by atoms with Gasteiger partial charge in [0.1, 0.15) is 0 Å². The Hall–Kier alpha value is -1.26. The van der Waals surface area contributed by atoms with E-state index < -0.39 is 5.97 Å². The van der Waals surface area contributed by atoms with Crippen LogP contribution in [0.25, 0.3) is 0 Å². The van der Waals surface area contributed by atoms with E-state index in [0.717, 1.165) is 12.8 Å². The fraction of sp³-hybridized carbons (Fsp3) is 0.818. The third-order valence-corrected chi connectivity index (χ3v) is 3.39. The van der Waals surface area contributed by atoms with Crippen molar-refractivity contribution in [2.45, 2.75) is 38.1 Å². The first-order valence-electron chi connectivity index (χ1n) is 5.92. The van der Waals surface area contributed by atoms with Gasteiger partial charge < -0.3 is 15.3 Å². The van der Waals surface area contributed by atoms with E-state index in [1.54, 1.807) is 4.90 Å². The lowest BCUT2D eigenvalue weighted by Gasteiger charge is -2.39. The van der Waals surface area contributed by atoms with Crippen LogP contribution < -0.4 is 5.32 Å². The van der Waals surface area contributed by atoms with Crippen molar-refractivity contribution in [3.05, 3.63) is 0 Å². The van der Waals surface area contributed by atoms with Gasteiger partial charge in [-0.2, -0.15) is 0 Å². The lowest BCUT2D eigenvalue weighted by Crippen LogP contribution is -2.55. The Morgan fingerprint density at radius 2 is 1.88 bits per heavy atom. The van der Waals surface area contributed by atoms with Crippen LogP contribution in [0.1, 0.15) is 32.1 Å². The van der Waals surface area contributed by atoms with Crippen molar-refractivity contribution < 1.29 is 14.7 Å². The molecule has 5 heteroatoms. The first-order chi connectivity index (χ1) is 7.65. The van der Waals surface area contributed by atoms with E-state index in [1.807, 2.05) is 0 Å². The molecule has 0 bridgehead atoms. The molecule has 0 unspecified atom stereocenters. The first kappa shape index (κ1) is 11.2. The van der Waals surface area contributed by atoms with E-state index in [1.165, 1.54) is 12.8 Å². The molecule has 1 aliphatic heterocycles. The van der Waals surface area contributed by atoms with Gasteiger partial charge in [-0.25, -0.2) is 4.79 Å². The molecule has 0 radical (unpaired) electrons. The SMILES string of the molecule is O=C(O)CC1CN(C(=O)NC2CCCC2)C1. The van der Waals surface area contributed by atoms with Gasteiger partial charge >= 0.3 is 12.0 Å². The number of aliphatic carboxylic acids is 1. The fourth-order valence-electron chi connectivity index (χ4n) is 2.45. The van der Waals surface area contributed by atoms with Crippen molar-refractivity contribution in [1.29, 1.82) is 0 Å². The largest absolute Gasteiger partial charge is 0.481 e. The van der Waals surface area contributed by atoms with E-state index in [0.29, 0.717) is 19.1 Å². The predicted octanol–water partition coefficient (Wildman–Crippen LogP) is 1.05. The van der Waals surface area contributed by atoms with Crippen LogP contribution >= 0.6 is 0 Å². The quantitative estimate of drug-likeness (QED) is 0.755. The number of rotatable bonds is 3. The number of carbonyl (C=O) groups excluding carboxylic acids is 1. The number of nitrogens with one attached hydrogen (secondary N) is 1. The van der Waals surface area contributed by atoms with Gasteiger partial charge in [-0.05, 0) is 12.8 Å². The van der Waals surface area contributed by atoms with Gasteiger partial charge in [-0.3, -0.25) is 4.79 Å². The zero-order valence-electron chi connectivity index (χ0n) is 9.32.